The Balaban J connectivity index is 2.28. The van der Waals surface area contributed by atoms with Crippen molar-refractivity contribution in [3.63, 3.8) is 0 Å². The monoisotopic (exact) mass is 432 g/mol. The van der Waals surface area contributed by atoms with Crippen molar-refractivity contribution >= 4 is 7.82 Å². The first-order valence-corrected chi connectivity index (χ1v) is 14.2. The summed E-state index contributed by atoms with van der Waals surface area (Å²) in [6.45, 7) is 4.85. The molecule has 1 aliphatic rings. The van der Waals surface area contributed by atoms with E-state index in [0.29, 0.717) is 12.5 Å². The van der Waals surface area contributed by atoms with Crippen LogP contribution in [-0.2, 0) is 13.6 Å². The van der Waals surface area contributed by atoms with Gasteiger partial charge in [0.05, 0.1) is 12.7 Å². The lowest BCUT2D eigenvalue weighted by molar-refractivity contribution is 0.0722. The highest BCUT2D eigenvalue weighted by molar-refractivity contribution is 7.47. The lowest BCUT2D eigenvalue weighted by Crippen LogP contribution is -2.17. The number of hydrogen-bond donors (Lipinski definition) is 1. The van der Waals surface area contributed by atoms with Crippen molar-refractivity contribution in [1.82, 2.24) is 0 Å². The van der Waals surface area contributed by atoms with E-state index in [1.807, 2.05) is 0 Å². The highest BCUT2D eigenvalue weighted by Gasteiger charge is 2.28. The Bertz CT molecular complexity index is 410. The van der Waals surface area contributed by atoms with E-state index in [2.05, 4.69) is 13.8 Å². The fraction of sp³-hybridized carbons (Fsp3) is 1.00. The van der Waals surface area contributed by atoms with E-state index in [0.717, 1.165) is 38.5 Å². The Morgan fingerprint density at radius 2 is 1.28 bits per heavy atom. The molecule has 0 aliphatic heterocycles. The molecule has 2 atom stereocenters. The molecule has 0 saturated heterocycles. The molecule has 0 amide bonds. The van der Waals surface area contributed by atoms with Gasteiger partial charge in [-0.05, 0) is 31.6 Å². The van der Waals surface area contributed by atoms with Gasteiger partial charge in [0.1, 0.15) is 0 Å². The summed E-state index contributed by atoms with van der Waals surface area (Å²) in [6, 6.07) is 0. The molecule has 0 aromatic rings. The topological polar surface area (TPSA) is 55.8 Å². The molecule has 174 valence electrons. The summed E-state index contributed by atoms with van der Waals surface area (Å²) in [5.41, 5.74) is 0. The highest BCUT2D eigenvalue weighted by atomic mass is 31.2. The summed E-state index contributed by atoms with van der Waals surface area (Å²) in [6.07, 6.45) is 22.7. The van der Waals surface area contributed by atoms with Crippen molar-refractivity contribution in [2.24, 2.45) is 5.92 Å². The van der Waals surface area contributed by atoms with Crippen LogP contribution in [0.2, 0.25) is 0 Å². The first-order valence-electron chi connectivity index (χ1n) is 12.7. The van der Waals surface area contributed by atoms with E-state index in [9.17, 15) is 9.46 Å². The van der Waals surface area contributed by atoms with Gasteiger partial charge in [0.2, 0.25) is 0 Å². The molecule has 4 nitrogen and oxygen atoms in total. The van der Waals surface area contributed by atoms with E-state index < -0.39 is 7.82 Å². The fourth-order valence-corrected chi connectivity index (χ4v) is 5.37. The molecule has 0 radical (unpaired) electrons. The van der Waals surface area contributed by atoms with E-state index in [1.54, 1.807) is 0 Å². The summed E-state index contributed by atoms with van der Waals surface area (Å²) < 4.78 is 23.3. The SMILES string of the molecule is CCCCCCCCCCC(CCCCCC)COP(=O)(O)OC1CCCCC1. The molecule has 1 N–H and O–H groups in total. The first kappa shape index (κ1) is 27.1. The Morgan fingerprint density at radius 1 is 0.793 bits per heavy atom. The second-order valence-electron chi connectivity index (χ2n) is 9.11. The maximum atomic E-state index is 12.4. The van der Waals surface area contributed by atoms with Crippen molar-refractivity contribution in [2.75, 3.05) is 6.61 Å². The third-order valence-electron chi connectivity index (χ3n) is 6.24. The summed E-state index contributed by atoms with van der Waals surface area (Å²) in [4.78, 5) is 10.1. The van der Waals surface area contributed by atoms with Gasteiger partial charge in [-0.25, -0.2) is 4.57 Å². The Labute approximate surface area is 181 Å². The van der Waals surface area contributed by atoms with E-state index >= 15 is 0 Å². The van der Waals surface area contributed by atoms with Crippen LogP contribution in [-0.4, -0.2) is 17.6 Å². The molecule has 1 aliphatic carbocycles. The standard InChI is InChI=1S/C24H49O4P/c1-3-5-7-9-10-11-12-15-19-23(18-14-8-6-4-2)22-27-29(25,26)28-24-20-16-13-17-21-24/h23-24H,3-22H2,1-2H3,(H,25,26). The van der Waals surface area contributed by atoms with E-state index in [1.165, 1.54) is 83.5 Å². The predicted molar refractivity (Wildman–Crippen MR) is 123 cm³/mol. The maximum Gasteiger partial charge on any atom is 0.472 e. The minimum absolute atomic E-state index is 0.102. The van der Waals surface area contributed by atoms with E-state index in [4.69, 9.17) is 9.05 Å². The largest absolute Gasteiger partial charge is 0.472 e. The number of unbranched alkanes of at least 4 members (excludes halogenated alkanes) is 10. The molecule has 2 unspecified atom stereocenters. The Kier molecular flexibility index (Phi) is 16.6. The number of rotatable bonds is 19. The smallest absolute Gasteiger partial charge is 0.302 e. The van der Waals surface area contributed by atoms with Crippen molar-refractivity contribution < 1.29 is 18.5 Å². The number of hydrogen-bond acceptors (Lipinski definition) is 3. The molecule has 29 heavy (non-hydrogen) atoms. The molecule has 1 saturated carbocycles. The first-order chi connectivity index (χ1) is 14.1. The van der Waals surface area contributed by atoms with Gasteiger partial charge < -0.3 is 4.89 Å². The predicted octanol–water partition coefficient (Wildman–Crippen LogP) is 8.57. The van der Waals surface area contributed by atoms with Crippen LogP contribution in [0.15, 0.2) is 0 Å². The average Bonchev–Trinajstić information content (AvgIpc) is 2.71. The molecular formula is C24H49O4P. The van der Waals surface area contributed by atoms with Crippen LogP contribution in [0, 0.1) is 5.92 Å². The minimum Gasteiger partial charge on any atom is -0.302 e. The van der Waals surface area contributed by atoms with Crippen LogP contribution in [0.5, 0.6) is 0 Å². The molecule has 0 bridgehead atoms. The van der Waals surface area contributed by atoms with Crippen LogP contribution in [0.25, 0.3) is 0 Å². The molecular weight excluding hydrogens is 383 g/mol. The van der Waals surface area contributed by atoms with Crippen LogP contribution in [0.3, 0.4) is 0 Å². The molecule has 0 aromatic carbocycles. The Morgan fingerprint density at radius 3 is 1.83 bits per heavy atom. The molecule has 0 aromatic heterocycles. The van der Waals surface area contributed by atoms with Crippen LogP contribution < -0.4 is 0 Å². The quantitative estimate of drug-likeness (QED) is 0.164. The van der Waals surface area contributed by atoms with Crippen molar-refractivity contribution in [1.29, 1.82) is 0 Å². The van der Waals surface area contributed by atoms with Crippen molar-refractivity contribution in [2.45, 2.75) is 142 Å². The third-order valence-corrected chi connectivity index (χ3v) is 7.28. The zero-order valence-electron chi connectivity index (χ0n) is 19.4. The second kappa shape index (κ2) is 17.8. The van der Waals surface area contributed by atoms with Crippen molar-refractivity contribution in [3.05, 3.63) is 0 Å². The third kappa shape index (κ3) is 15.5. The average molecular weight is 433 g/mol. The molecule has 0 heterocycles. The minimum atomic E-state index is -3.92. The summed E-state index contributed by atoms with van der Waals surface area (Å²) in [5, 5.41) is 0. The van der Waals surface area contributed by atoms with Gasteiger partial charge in [-0.15, -0.1) is 0 Å². The molecule has 0 spiro atoms. The van der Waals surface area contributed by atoms with Gasteiger partial charge in [0.25, 0.3) is 0 Å². The van der Waals surface area contributed by atoms with Gasteiger partial charge >= 0.3 is 7.82 Å². The fourth-order valence-electron chi connectivity index (χ4n) is 4.33. The van der Waals surface area contributed by atoms with Crippen LogP contribution >= 0.6 is 7.82 Å². The zero-order valence-corrected chi connectivity index (χ0v) is 20.3. The highest BCUT2D eigenvalue weighted by Crippen LogP contribution is 2.47. The van der Waals surface area contributed by atoms with Gasteiger partial charge in [-0.3, -0.25) is 9.05 Å². The zero-order chi connectivity index (χ0) is 21.2. The lowest BCUT2D eigenvalue weighted by atomic mass is 9.95. The Hall–Kier alpha value is 0.110. The second-order valence-corrected chi connectivity index (χ2v) is 10.5. The van der Waals surface area contributed by atoms with Crippen molar-refractivity contribution in [3.8, 4) is 0 Å². The molecule has 5 heteroatoms. The van der Waals surface area contributed by atoms with Crippen LogP contribution in [0.1, 0.15) is 136 Å². The van der Waals surface area contributed by atoms with Gasteiger partial charge in [0.15, 0.2) is 0 Å². The van der Waals surface area contributed by atoms with Gasteiger partial charge in [-0.2, -0.15) is 0 Å². The summed E-state index contributed by atoms with van der Waals surface area (Å²) in [5.74, 6) is 0.377. The molecule has 1 fully saturated rings. The van der Waals surface area contributed by atoms with Crippen LogP contribution in [0.4, 0.5) is 0 Å². The van der Waals surface area contributed by atoms with Gasteiger partial charge in [0, 0.05) is 0 Å². The summed E-state index contributed by atoms with van der Waals surface area (Å²) >= 11 is 0. The normalized spacial score (nSPS) is 18.6. The number of phosphoric acid groups is 1. The molecule has 1 rings (SSSR count). The van der Waals surface area contributed by atoms with E-state index in [-0.39, 0.29) is 6.10 Å². The maximum absolute atomic E-state index is 12.4. The van der Waals surface area contributed by atoms with Gasteiger partial charge in [-0.1, -0.05) is 110 Å². The summed E-state index contributed by atoms with van der Waals surface area (Å²) in [7, 11) is -3.92. The number of phosphoric ester groups is 1. The lowest BCUT2D eigenvalue weighted by Gasteiger charge is -2.25.